The Morgan fingerprint density at radius 1 is 1.12 bits per heavy atom. The lowest BCUT2D eigenvalue weighted by Crippen LogP contribution is -2.21. The largest absolute Gasteiger partial charge is 0.488 e. The monoisotopic (exact) mass is 381 g/mol. The quantitative estimate of drug-likeness (QED) is 0.529. The van der Waals surface area contributed by atoms with Crippen molar-refractivity contribution in [3.63, 3.8) is 0 Å². The topological polar surface area (TPSA) is 64.1 Å². The van der Waals surface area contributed by atoms with E-state index in [2.05, 4.69) is 27.6 Å². The highest BCUT2D eigenvalue weighted by molar-refractivity contribution is 8.00. The Morgan fingerprint density at radius 2 is 1.92 bits per heavy atom. The normalized spacial score (nSPS) is 12.7. The molecule has 2 aromatic carbocycles. The predicted octanol–water partition coefficient (Wildman–Crippen LogP) is 4.24. The molecule has 0 radical (unpaired) electrons. The number of hydrogen-bond donors (Lipinski definition) is 1. The zero-order valence-electron chi connectivity index (χ0n) is 13.7. The summed E-state index contributed by atoms with van der Waals surface area (Å²) in [5.74, 6) is 1.40. The Bertz CT molecular complexity index is 954. The number of para-hydroxylation sites is 1. The van der Waals surface area contributed by atoms with E-state index in [1.54, 1.807) is 11.8 Å². The van der Waals surface area contributed by atoms with Crippen molar-refractivity contribution in [1.82, 2.24) is 10.2 Å². The molecule has 1 N–H and O–H groups in total. The molecule has 1 amide bonds. The highest BCUT2D eigenvalue weighted by Crippen LogP contribution is 2.29. The van der Waals surface area contributed by atoms with E-state index in [0.717, 1.165) is 21.4 Å². The van der Waals surface area contributed by atoms with Gasteiger partial charge < -0.3 is 4.74 Å². The van der Waals surface area contributed by atoms with Crippen LogP contribution in [0.25, 0.3) is 6.08 Å². The van der Waals surface area contributed by atoms with E-state index in [1.165, 1.54) is 16.9 Å². The van der Waals surface area contributed by atoms with E-state index >= 15 is 0 Å². The maximum atomic E-state index is 12.4. The molecule has 0 spiro atoms. The lowest BCUT2D eigenvalue weighted by Gasteiger charge is -2.16. The van der Waals surface area contributed by atoms with Gasteiger partial charge in [0, 0.05) is 11.3 Å². The van der Waals surface area contributed by atoms with Crippen LogP contribution in [0, 0.1) is 0 Å². The van der Waals surface area contributed by atoms with E-state index in [0.29, 0.717) is 10.7 Å². The van der Waals surface area contributed by atoms with Gasteiger partial charge in [-0.2, -0.15) is 0 Å². The summed E-state index contributed by atoms with van der Waals surface area (Å²) in [7, 11) is 0. The molecule has 0 unspecified atom stereocenters. The zero-order chi connectivity index (χ0) is 17.8. The van der Waals surface area contributed by atoms with Crippen molar-refractivity contribution in [3.05, 3.63) is 71.3 Å². The first-order valence-corrected chi connectivity index (χ1v) is 9.82. The van der Waals surface area contributed by atoms with Crippen molar-refractivity contribution in [2.24, 2.45) is 0 Å². The average molecular weight is 381 g/mol. The number of hydrogen-bond acceptors (Lipinski definition) is 6. The van der Waals surface area contributed by atoms with Gasteiger partial charge in [-0.25, -0.2) is 0 Å². The number of nitrogens with zero attached hydrogens (tertiary/aromatic N) is 2. The zero-order valence-corrected chi connectivity index (χ0v) is 15.3. The molecule has 0 aliphatic carbocycles. The molecule has 5 nitrogen and oxygen atoms in total. The summed E-state index contributed by atoms with van der Waals surface area (Å²) in [6, 6.07) is 17.8. The van der Waals surface area contributed by atoms with Crippen molar-refractivity contribution in [3.8, 4) is 5.75 Å². The number of rotatable bonds is 5. The number of carbonyl (C=O) groups excluding carboxylic acids is 1. The Labute approximate surface area is 159 Å². The van der Waals surface area contributed by atoms with E-state index in [9.17, 15) is 4.79 Å². The molecule has 0 saturated carbocycles. The molecule has 0 saturated heterocycles. The first kappa shape index (κ1) is 16.8. The van der Waals surface area contributed by atoms with Crippen LogP contribution >= 0.6 is 23.1 Å². The predicted molar refractivity (Wildman–Crippen MR) is 104 cm³/mol. The van der Waals surface area contributed by atoms with Crippen LogP contribution in [0.15, 0.2) is 64.5 Å². The van der Waals surface area contributed by atoms with Crippen molar-refractivity contribution in [2.45, 2.75) is 10.1 Å². The highest BCUT2D eigenvalue weighted by Gasteiger charge is 2.18. The average Bonchev–Trinajstić information content (AvgIpc) is 3.14. The first-order chi connectivity index (χ1) is 12.8. The molecule has 0 atom stereocenters. The number of benzene rings is 2. The number of fused-ring (bicyclic) bond motifs is 1. The number of carbonyl (C=O) groups is 1. The summed E-state index contributed by atoms with van der Waals surface area (Å²) >= 11 is 2.97. The molecule has 130 valence electrons. The Balaban J connectivity index is 1.38. The van der Waals surface area contributed by atoms with Crippen LogP contribution in [0.2, 0.25) is 0 Å². The number of aromatic nitrogens is 2. The van der Waals surface area contributed by atoms with Gasteiger partial charge in [-0.3, -0.25) is 10.1 Å². The molecule has 1 aliphatic rings. The molecule has 7 heteroatoms. The SMILES string of the molecule is O=C(Nc1nnc(SCc2ccccc2)s1)C1=Cc2ccccc2OC1. The summed E-state index contributed by atoms with van der Waals surface area (Å²) in [6.45, 7) is 0.247. The maximum Gasteiger partial charge on any atom is 0.256 e. The molecule has 2 heterocycles. The molecule has 3 aromatic rings. The van der Waals surface area contributed by atoms with E-state index < -0.39 is 0 Å². The Morgan fingerprint density at radius 3 is 2.81 bits per heavy atom. The second-order valence-electron chi connectivity index (χ2n) is 5.60. The van der Waals surface area contributed by atoms with Gasteiger partial charge in [-0.1, -0.05) is 71.6 Å². The third-order valence-corrected chi connectivity index (χ3v) is 5.80. The third-order valence-electron chi connectivity index (χ3n) is 3.76. The van der Waals surface area contributed by atoms with Gasteiger partial charge in [0.05, 0.1) is 5.57 Å². The number of nitrogens with one attached hydrogen (secondary N) is 1. The summed E-state index contributed by atoms with van der Waals surface area (Å²) in [5, 5.41) is 11.5. The fourth-order valence-corrected chi connectivity index (χ4v) is 4.17. The van der Waals surface area contributed by atoms with Gasteiger partial charge in [-0.05, 0) is 17.7 Å². The fraction of sp³-hybridized carbons (Fsp3) is 0.105. The van der Waals surface area contributed by atoms with Crippen LogP contribution in [0.4, 0.5) is 5.13 Å². The summed E-state index contributed by atoms with van der Waals surface area (Å²) in [5.41, 5.74) is 2.69. The Hall–Kier alpha value is -2.64. The van der Waals surface area contributed by atoms with E-state index in [1.807, 2.05) is 48.5 Å². The van der Waals surface area contributed by atoms with E-state index in [-0.39, 0.29) is 12.5 Å². The highest BCUT2D eigenvalue weighted by atomic mass is 32.2. The molecular formula is C19H15N3O2S2. The lowest BCUT2D eigenvalue weighted by atomic mass is 10.1. The van der Waals surface area contributed by atoms with Crippen LogP contribution in [0.3, 0.4) is 0 Å². The summed E-state index contributed by atoms with van der Waals surface area (Å²) < 4.78 is 6.44. The van der Waals surface area contributed by atoms with Crippen molar-refractivity contribution in [1.29, 1.82) is 0 Å². The van der Waals surface area contributed by atoms with Crippen molar-refractivity contribution >= 4 is 40.2 Å². The standard InChI is InChI=1S/C19H15N3O2S2/c23-17(15-10-14-8-4-5-9-16(14)24-11-15)20-18-21-22-19(26-18)25-12-13-6-2-1-3-7-13/h1-10H,11-12H2,(H,20,21,23). The number of amides is 1. The van der Waals surface area contributed by atoms with Crippen LogP contribution in [-0.4, -0.2) is 22.7 Å². The number of anilines is 1. The van der Waals surface area contributed by atoms with Gasteiger partial charge >= 0.3 is 0 Å². The van der Waals surface area contributed by atoms with Gasteiger partial charge in [0.25, 0.3) is 5.91 Å². The minimum absolute atomic E-state index is 0.213. The van der Waals surface area contributed by atoms with Gasteiger partial charge in [0.2, 0.25) is 5.13 Å². The van der Waals surface area contributed by atoms with Crippen LogP contribution in [0.5, 0.6) is 5.75 Å². The van der Waals surface area contributed by atoms with Gasteiger partial charge in [0.1, 0.15) is 12.4 Å². The van der Waals surface area contributed by atoms with Crippen LogP contribution in [0.1, 0.15) is 11.1 Å². The molecule has 0 bridgehead atoms. The molecule has 0 fully saturated rings. The molecule has 26 heavy (non-hydrogen) atoms. The summed E-state index contributed by atoms with van der Waals surface area (Å²) in [6.07, 6.45) is 1.85. The van der Waals surface area contributed by atoms with Crippen molar-refractivity contribution < 1.29 is 9.53 Å². The molecule has 1 aliphatic heterocycles. The summed E-state index contributed by atoms with van der Waals surface area (Å²) in [4.78, 5) is 12.4. The molecule has 1 aromatic heterocycles. The van der Waals surface area contributed by atoms with Crippen LogP contribution in [-0.2, 0) is 10.5 Å². The second kappa shape index (κ2) is 7.72. The third kappa shape index (κ3) is 3.95. The fourth-order valence-electron chi connectivity index (χ4n) is 2.46. The first-order valence-electron chi connectivity index (χ1n) is 8.02. The lowest BCUT2D eigenvalue weighted by molar-refractivity contribution is -0.113. The molecular weight excluding hydrogens is 366 g/mol. The van der Waals surface area contributed by atoms with E-state index in [4.69, 9.17) is 4.74 Å². The van der Waals surface area contributed by atoms with Crippen molar-refractivity contribution in [2.75, 3.05) is 11.9 Å². The van der Waals surface area contributed by atoms with Gasteiger partial charge in [-0.15, -0.1) is 10.2 Å². The smallest absolute Gasteiger partial charge is 0.256 e. The number of thioether (sulfide) groups is 1. The minimum Gasteiger partial charge on any atom is -0.488 e. The Kier molecular flexibility index (Phi) is 4.99. The minimum atomic E-state index is -0.213. The second-order valence-corrected chi connectivity index (χ2v) is 7.80. The maximum absolute atomic E-state index is 12.4. The van der Waals surface area contributed by atoms with Gasteiger partial charge in [0.15, 0.2) is 4.34 Å². The number of ether oxygens (including phenoxy) is 1. The van der Waals surface area contributed by atoms with Crippen LogP contribution < -0.4 is 10.1 Å². The molecule has 4 rings (SSSR count).